The summed E-state index contributed by atoms with van der Waals surface area (Å²) in [6, 6.07) is 7.54. The van der Waals surface area contributed by atoms with Crippen LogP contribution < -0.4 is 4.74 Å². The molecule has 1 aliphatic rings. The van der Waals surface area contributed by atoms with Gasteiger partial charge in [-0.2, -0.15) is 0 Å². The van der Waals surface area contributed by atoms with Gasteiger partial charge >= 0.3 is 0 Å². The highest BCUT2D eigenvalue weighted by Gasteiger charge is 2.32. The Hall–Kier alpha value is -2.61. The van der Waals surface area contributed by atoms with E-state index in [0.717, 1.165) is 11.3 Å². The van der Waals surface area contributed by atoms with Crippen LogP contribution in [0.5, 0.6) is 5.75 Å². The van der Waals surface area contributed by atoms with E-state index in [1.165, 1.54) is 29.1 Å². The standard InChI is InChI=1S/C15H15N5O2S/c1-3-20-14(21)13(8-11-4-6-12(22-2)7-5-11)23-15(20)18-19-9-16-17-10-19/h4-10H,3H2,1-2H3. The van der Waals surface area contributed by atoms with Gasteiger partial charge in [-0.3, -0.25) is 9.69 Å². The van der Waals surface area contributed by atoms with Gasteiger partial charge in [0.05, 0.1) is 12.0 Å². The van der Waals surface area contributed by atoms with Gasteiger partial charge in [0, 0.05) is 6.54 Å². The molecule has 0 unspecified atom stereocenters. The van der Waals surface area contributed by atoms with Crippen LogP contribution in [0.1, 0.15) is 12.5 Å². The molecule has 0 atom stereocenters. The van der Waals surface area contributed by atoms with Crippen LogP contribution in [0.3, 0.4) is 0 Å². The van der Waals surface area contributed by atoms with Crippen molar-refractivity contribution in [2.75, 3.05) is 13.7 Å². The van der Waals surface area contributed by atoms with Crippen molar-refractivity contribution in [2.24, 2.45) is 5.10 Å². The first kappa shape index (κ1) is 15.3. The highest BCUT2D eigenvalue weighted by atomic mass is 32.2. The molecule has 1 aromatic carbocycles. The average Bonchev–Trinajstić information content (AvgIpc) is 3.17. The first-order valence-corrected chi connectivity index (χ1v) is 7.82. The highest BCUT2D eigenvalue weighted by Crippen LogP contribution is 2.32. The summed E-state index contributed by atoms with van der Waals surface area (Å²) in [5, 5.41) is 12.4. The first-order chi connectivity index (χ1) is 11.2. The molecule has 0 radical (unpaired) electrons. The molecule has 23 heavy (non-hydrogen) atoms. The number of ether oxygens (including phenoxy) is 1. The summed E-state index contributed by atoms with van der Waals surface area (Å²) in [5.41, 5.74) is 0.934. The number of benzene rings is 1. The Morgan fingerprint density at radius 3 is 2.57 bits per heavy atom. The van der Waals surface area contributed by atoms with E-state index in [4.69, 9.17) is 4.74 Å². The summed E-state index contributed by atoms with van der Waals surface area (Å²) in [5.74, 6) is 0.725. The number of amidine groups is 1. The molecule has 8 heteroatoms. The number of carbonyl (C=O) groups excluding carboxylic acids is 1. The molecule has 7 nitrogen and oxygen atoms in total. The van der Waals surface area contributed by atoms with E-state index in [9.17, 15) is 4.79 Å². The van der Waals surface area contributed by atoms with Gasteiger partial charge in [-0.25, -0.2) is 4.68 Å². The Balaban J connectivity index is 1.88. The van der Waals surface area contributed by atoms with E-state index in [1.807, 2.05) is 37.3 Å². The summed E-state index contributed by atoms with van der Waals surface area (Å²) in [4.78, 5) is 14.7. The lowest BCUT2D eigenvalue weighted by Gasteiger charge is -2.11. The number of hydrogen-bond donors (Lipinski definition) is 0. The Bertz CT molecular complexity index is 753. The van der Waals surface area contributed by atoms with E-state index < -0.39 is 0 Å². The van der Waals surface area contributed by atoms with Crippen molar-refractivity contribution < 1.29 is 9.53 Å². The minimum Gasteiger partial charge on any atom is -0.497 e. The number of aromatic nitrogens is 3. The SMILES string of the molecule is CCN1C(=O)C(=Cc2ccc(OC)cc2)SC1=Nn1cnnc1. The summed E-state index contributed by atoms with van der Waals surface area (Å²) in [7, 11) is 1.62. The number of thioether (sulfide) groups is 1. The smallest absolute Gasteiger partial charge is 0.266 e. The molecular weight excluding hydrogens is 314 g/mol. The summed E-state index contributed by atoms with van der Waals surface area (Å²) < 4.78 is 6.62. The maximum absolute atomic E-state index is 12.5. The molecule has 0 bridgehead atoms. The second kappa shape index (κ2) is 6.66. The van der Waals surface area contributed by atoms with Crippen LogP contribution in [-0.2, 0) is 4.79 Å². The molecule has 0 spiro atoms. The molecule has 1 aromatic heterocycles. The lowest BCUT2D eigenvalue weighted by Crippen LogP contribution is -2.29. The number of carbonyl (C=O) groups is 1. The van der Waals surface area contributed by atoms with Gasteiger partial charge in [0.1, 0.15) is 18.4 Å². The number of amides is 1. The van der Waals surface area contributed by atoms with Crippen LogP contribution >= 0.6 is 11.8 Å². The molecule has 2 aromatic rings. The Morgan fingerprint density at radius 1 is 1.26 bits per heavy atom. The fourth-order valence-electron chi connectivity index (χ4n) is 2.06. The topological polar surface area (TPSA) is 72.6 Å². The van der Waals surface area contributed by atoms with Crippen molar-refractivity contribution in [1.29, 1.82) is 0 Å². The number of rotatable bonds is 4. The summed E-state index contributed by atoms with van der Waals surface area (Å²) in [6.07, 6.45) is 4.82. The highest BCUT2D eigenvalue weighted by molar-refractivity contribution is 8.18. The molecule has 118 valence electrons. The van der Waals surface area contributed by atoms with E-state index in [2.05, 4.69) is 15.3 Å². The lowest BCUT2D eigenvalue weighted by atomic mass is 10.2. The molecule has 0 aliphatic carbocycles. The quantitative estimate of drug-likeness (QED) is 0.803. The van der Waals surface area contributed by atoms with Crippen molar-refractivity contribution in [2.45, 2.75) is 6.92 Å². The Labute approximate surface area is 137 Å². The monoisotopic (exact) mass is 329 g/mol. The second-order valence-corrected chi connectivity index (χ2v) is 5.67. The van der Waals surface area contributed by atoms with Gasteiger partial charge < -0.3 is 4.74 Å². The maximum Gasteiger partial charge on any atom is 0.266 e. The maximum atomic E-state index is 12.5. The minimum atomic E-state index is -0.0554. The Kier molecular flexibility index (Phi) is 4.42. The molecular formula is C15H15N5O2S. The third-order valence-corrected chi connectivity index (χ3v) is 4.22. The first-order valence-electron chi connectivity index (χ1n) is 7.00. The zero-order valence-electron chi connectivity index (χ0n) is 12.7. The van der Waals surface area contributed by atoms with E-state index in [0.29, 0.717) is 16.6 Å². The molecule has 3 rings (SSSR count). The minimum absolute atomic E-state index is 0.0554. The third-order valence-electron chi connectivity index (χ3n) is 3.23. The molecule has 2 heterocycles. The van der Waals surface area contributed by atoms with E-state index >= 15 is 0 Å². The largest absolute Gasteiger partial charge is 0.497 e. The van der Waals surface area contributed by atoms with Gasteiger partial charge in [-0.05, 0) is 42.5 Å². The number of nitrogens with zero attached hydrogens (tertiary/aromatic N) is 5. The van der Waals surface area contributed by atoms with Crippen LogP contribution in [0.2, 0.25) is 0 Å². The molecule has 1 aliphatic heterocycles. The molecule has 1 amide bonds. The Morgan fingerprint density at radius 2 is 1.96 bits per heavy atom. The number of methoxy groups -OCH3 is 1. The van der Waals surface area contributed by atoms with Gasteiger partial charge in [0.25, 0.3) is 5.91 Å². The van der Waals surface area contributed by atoms with Gasteiger partial charge in [-0.15, -0.1) is 15.3 Å². The van der Waals surface area contributed by atoms with Crippen molar-refractivity contribution >= 4 is 28.9 Å². The zero-order chi connectivity index (χ0) is 16.2. The molecule has 1 fully saturated rings. The van der Waals surface area contributed by atoms with Crippen molar-refractivity contribution in [3.8, 4) is 5.75 Å². The number of hydrogen-bond acceptors (Lipinski definition) is 6. The molecule has 0 N–H and O–H groups in total. The van der Waals surface area contributed by atoms with Gasteiger partial charge in [-0.1, -0.05) is 12.1 Å². The van der Waals surface area contributed by atoms with Crippen LogP contribution in [0.4, 0.5) is 0 Å². The van der Waals surface area contributed by atoms with Crippen LogP contribution in [0.25, 0.3) is 6.08 Å². The fourth-order valence-corrected chi connectivity index (χ4v) is 3.11. The van der Waals surface area contributed by atoms with Crippen LogP contribution in [-0.4, -0.2) is 44.5 Å². The average molecular weight is 329 g/mol. The van der Waals surface area contributed by atoms with E-state index in [-0.39, 0.29) is 5.91 Å². The van der Waals surface area contributed by atoms with Crippen molar-refractivity contribution in [1.82, 2.24) is 19.8 Å². The predicted molar refractivity (Wildman–Crippen MR) is 88.8 cm³/mol. The third kappa shape index (κ3) is 3.26. The zero-order valence-corrected chi connectivity index (χ0v) is 13.5. The van der Waals surface area contributed by atoms with Gasteiger partial charge in [0.2, 0.25) is 0 Å². The van der Waals surface area contributed by atoms with Crippen LogP contribution in [0, 0.1) is 0 Å². The van der Waals surface area contributed by atoms with Gasteiger partial charge in [0.15, 0.2) is 5.17 Å². The van der Waals surface area contributed by atoms with Crippen molar-refractivity contribution in [3.05, 3.63) is 47.4 Å². The second-order valence-electron chi connectivity index (χ2n) is 4.66. The normalized spacial score (nSPS) is 18.2. The lowest BCUT2D eigenvalue weighted by molar-refractivity contribution is -0.122. The summed E-state index contributed by atoms with van der Waals surface area (Å²) in [6.45, 7) is 2.46. The molecule has 1 saturated heterocycles. The fraction of sp³-hybridized carbons (Fsp3) is 0.200. The predicted octanol–water partition coefficient (Wildman–Crippen LogP) is 2.04. The van der Waals surface area contributed by atoms with E-state index in [1.54, 1.807) is 12.0 Å². The molecule has 0 saturated carbocycles. The summed E-state index contributed by atoms with van der Waals surface area (Å²) >= 11 is 1.33. The van der Waals surface area contributed by atoms with Crippen molar-refractivity contribution in [3.63, 3.8) is 0 Å². The number of likely N-dealkylation sites (N-methyl/N-ethyl adjacent to an activating group) is 1. The van der Waals surface area contributed by atoms with Crippen LogP contribution in [0.15, 0.2) is 46.9 Å².